The van der Waals surface area contributed by atoms with Gasteiger partial charge in [-0.05, 0) is 58.5 Å². The van der Waals surface area contributed by atoms with Gasteiger partial charge in [0, 0.05) is 20.0 Å². The summed E-state index contributed by atoms with van der Waals surface area (Å²) in [7, 11) is 0. The predicted octanol–water partition coefficient (Wildman–Crippen LogP) is 4.21. The number of benzene rings is 2. The van der Waals surface area contributed by atoms with Crippen LogP contribution in [0.5, 0.6) is 0 Å². The summed E-state index contributed by atoms with van der Waals surface area (Å²) in [6.07, 6.45) is -0.105. The third-order valence-corrected chi connectivity index (χ3v) is 3.98. The van der Waals surface area contributed by atoms with E-state index in [1.54, 1.807) is 12.1 Å². The van der Waals surface area contributed by atoms with Crippen molar-refractivity contribution in [3.8, 4) is 11.3 Å². The van der Waals surface area contributed by atoms with Crippen LogP contribution in [0.15, 0.2) is 42.5 Å². The lowest BCUT2D eigenvalue weighted by Gasteiger charge is -2.03. The molecule has 0 aliphatic carbocycles. The fraction of sp³-hybridized carbons (Fsp3) is 0.0625. The molecule has 3 rings (SSSR count). The Morgan fingerprint density at radius 2 is 2.05 bits per heavy atom. The Bertz CT molecular complexity index is 841. The topological polar surface area (TPSA) is 53.1 Å². The van der Waals surface area contributed by atoms with E-state index in [2.05, 4.69) is 27.6 Å². The first-order chi connectivity index (χ1) is 10.0. The Hall–Kier alpha value is -1.89. The molecule has 0 saturated heterocycles. The molecule has 0 fully saturated rings. The zero-order valence-corrected chi connectivity index (χ0v) is 13.0. The van der Waals surface area contributed by atoms with Crippen LogP contribution in [0.25, 0.3) is 22.2 Å². The van der Waals surface area contributed by atoms with Crippen LogP contribution >= 0.6 is 22.6 Å². The number of nitrogens with one attached hydrogen (secondary N) is 1. The van der Waals surface area contributed by atoms with Crippen LogP contribution in [-0.4, -0.2) is 16.1 Å². The summed E-state index contributed by atoms with van der Waals surface area (Å²) < 4.78 is 14.5. The van der Waals surface area contributed by atoms with E-state index < -0.39 is 5.97 Å². The van der Waals surface area contributed by atoms with E-state index in [0.29, 0.717) is 16.8 Å². The predicted molar refractivity (Wildman–Crippen MR) is 87.7 cm³/mol. The average molecular weight is 395 g/mol. The molecule has 0 atom stereocenters. The smallest absolute Gasteiger partial charge is 0.307 e. The molecule has 0 amide bonds. The van der Waals surface area contributed by atoms with Gasteiger partial charge in [-0.3, -0.25) is 4.79 Å². The van der Waals surface area contributed by atoms with Crippen molar-refractivity contribution in [1.82, 2.24) is 4.98 Å². The van der Waals surface area contributed by atoms with Gasteiger partial charge < -0.3 is 10.1 Å². The van der Waals surface area contributed by atoms with E-state index in [1.165, 1.54) is 12.1 Å². The lowest BCUT2D eigenvalue weighted by Crippen LogP contribution is -2.01. The lowest BCUT2D eigenvalue weighted by molar-refractivity contribution is -0.136. The Balaban J connectivity index is 2.28. The Labute approximate surface area is 133 Å². The molecule has 3 aromatic rings. The quantitative estimate of drug-likeness (QED) is 0.653. The van der Waals surface area contributed by atoms with Crippen LogP contribution in [0.3, 0.4) is 0 Å². The number of aliphatic carboxylic acids is 1. The van der Waals surface area contributed by atoms with Crippen LogP contribution in [0.2, 0.25) is 0 Å². The molecule has 2 aromatic carbocycles. The SMILES string of the molecule is O=C(O)Cc1c(-c2cccc(F)c2)[nH]c2ccc(I)cc12. The van der Waals surface area contributed by atoms with E-state index in [4.69, 9.17) is 5.11 Å². The van der Waals surface area contributed by atoms with Crippen LogP contribution in [0, 0.1) is 9.39 Å². The summed E-state index contributed by atoms with van der Waals surface area (Å²) in [4.78, 5) is 14.4. The maximum absolute atomic E-state index is 13.4. The summed E-state index contributed by atoms with van der Waals surface area (Å²) >= 11 is 2.19. The van der Waals surface area contributed by atoms with Crippen LogP contribution < -0.4 is 0 Å². The van der Waals surface area contributed by atoms with Crippen molar-refractivity contribution in [2.45, 2.75) is 6.42 Å². The van der Waals surface area contributed by atoms with Gasteiger partial charge in [0.15, 0.2) is 0 Å². The van der Waals surface area contributed by atoms with Crippen LogP contribution in [0.4, 0.5) is 4.39 Å². The summed E-state index contributed by atoms with van der Waals surface area (Å²) in [5.41, 5.74) is 2.85. The van der Waals surface area contributed by atoms with Crippen molar-refractivity contribution in [3.63, 3.8) is 0 Å². The Kier molecular flexibility index (Phi) is 3.67. The summed E-state index contributed by atoms with van der Waals surface area (Å²) in [6, 6.07) is 11.9. The zero-order chi connectivity index (χ0) is 15.0. The van der Waals surface area contributed by atoms with Crippen molar-refractivity contribution >= 4 is 39.5 Å². The molecule has 106 valence electrons. The number of hydrogen-bond donors (Lipinski definition) is 2. The summed E-state index contributed by atoms with van der Waals surface area (Å²) in [5, 5.41) is 10.0. The number of carboxylic acids is 1. The summed E-state index contributed by atoms with van der Waals surface area (Å²) in [5.74, 6) is -1.26. The number of carbonyl (C=O) groups is 1. The number of hydrogen-bond acceptors (Lipinski definition) is 1. The second kappa shape index (κ2) is 5.48. The first kappa shape index (κ1) is 14.1. The fourth-order valence-corrected chi connectivity index (χ4v) is 2.94. The first-order valence-electron chi connectivity index (χ1n) is 6.32. The molecule has 0 spiro atoms. The molecule has 1 aromatic heterocycles. The minimum Gasteiger partial charge on any atom is -0.481 e. The lowest BCUT2D eigenvalue weighted by atomic mass is 10.0. The average Bonchev–Trinajstić information content (AvgIpc) is 2.76. The molecule has 0 radical (unpaired) electrons. The molecule has 5 heteroatoms. The number of H-pyrrole nitrogens is 1. The number of aromatic nitrogens is 1. The van der Waals surface area contributed by atoms with Crippen molar-refractivity contribution in [2.24, 2.45) is 0 Å². The maximum atomic E-state index is 13.4. The van der Waals surface area contributed by atoms with E-state index in [-0.39, 0.29) is 12.2 Å². The largest absolute Gasteiger partial charge is 0.481 e. The number of rotatable bonds is 3. The highest BCUT2D eigenvalue weighted by atomic mass is 127. The number of carboxylic acid groups (broad SMARTS) is 1. The molecular weight excluding hydrogens is 384 g/mol. The Morgan fingerprint density at radius 3 is 2.76 bits per heavy atom. The maximum Gasteiger partial charge on any atom is 0.307 e. The van der Waals surface area contributed by atoms with Gasteiger partial charge in [-0.25, -0.2) is 4.39 Å². The summed E-state index contributed by atoms with van der Waals surface area (Å²) in [6.45, 7) is 0. The Morgan fingerprint density at radius 1 is 1.24 bits per heavy atom. The number of aromatic amines is 1. The van der Waals surface area contributed by atoms with Gasteiger partial charge in [-0.15, -0.1) is 0 Å². The molecule has 2 N–H and O–H groups in total. The second-order valence-electron chi connectivity index (χ2n) is 4.75. The molecule has 0 unspecified atom stereocenters. The molecule has 0 bridgehead atoms. The molecule has 0 aliphatic rings. The zero-order valence-electron chi connectivity index (χ0n) is 10.9. The van der Waals surface area contributed by atoms with Crippen LogP contribution in [-0.2, 0) is 11.2 Å². The number of fused-ring (bicyclic) bond motifs is 1. The fourth-order valence-electron chi connectivity index (χ4n) is 2.45. The first-order valence-corrected chi connectivity index (χ1v) is 7.40. The van der Waals surface area contributed by atoms with Gasteiger partial charge in [-0.2, -0.15) is 0 Å². The number of halogens is 2. The van der Waals surface area contributed by atoms with Crippen molar-refractivity contribution in [3.05, 3.63) is 57.4 Å². The van der Waals surface area contributed by atoms with Crippen molar-refractivity contribution in [1.29, 1.82) is 0 Å². The molecule has 0 saturated carbocycles. The van der Waals surface area contributed by atoms with Gasteiger partial charge in [0.25, 0.3) is 0 Å². The normalized spacial score (nSPS) is 11.0. The standard InChI is InChI=1S/C16H11FINO2/c17-10-3-1-2-9(6-10)16-13(8-15(20)21)12-7-11(18)4-5-14(12)19-16/h1-7,19H,8H2,(H,20,21). The van der Waals surface area contributed by atoms with E-state index in [1.807, 2.05) is 18.2 Å². The second-order valence-corrected chi connectivity index (χ2v) is 5.99. The third kappa shape index (κ3) is 2.78. The highest BCUT2D eigenvalue weighted by Crippen LogP contribution is 2.32. The molecule has 1 heterocycles. The molecule has 0 aliphatic heterocycles. The molecule has 3 nitrogen and oxygen atoms in total. The van der Waals surface area contributed by atoms with Crippen LogP contribution in [0.1, 0.15) is 5.56 Å². The highest BCUT2D eigenvalue weighted by Gasteiger charge is 2.16. The van der Waals surface area contributed by atoms with E-state index in [0.717, 1.165) is 14.5 Å². The minimum absolute atomic E-state index is 0.105. The van der Waals surface area contributed by atoms with Crippen molar-refractivity contribution < 1.29 is 14.3 Å². The highest BCUT2D eigenvalue weighted by molar-refractivity contribution is 14.1. The van der Waals surface area contributed by atoms with Gasteiger partial charge in [0.1, 0.15) is 5.82 Å². The van der Waals surface area contributed by atoms with Gasteiger partial charge in [-0.1, -0.05) is 12.1 Å². The minimum atomic E-state index is -0.910. The third-order valence-electron chi connectivity index (χ3n) is 3.31. The molecule has 21 heavy (non-hydrogen) atoms. The van der Waals surface area contributed by atoms with E-state index in [9.17, 15) is 9.18 Å². The van der Waals surface area contributed by atoms with Gasteiger partial charge >= 0.3 is 5.97 Å². The van der Waals surface area contributed by atoms with E-state index >= 15 is 0 Å². The van der Waals surface area contributed by atoms with Gasteiger partial charge in [0.2, 0.25) is 0 Å². The molecular formula is C16H11FINO2. The van der Waals surface area contributed by atoms with Crippen molar-refractivity contribution in [2.75, 3.05) is 0 Å². The van der Waals surface area contributed by atoms with Gasteiger partial charge in [0.05, 0.1) is 12.1 Å². The monoisotopic (exact) mass is 395 g/mol.